The maximum absolute atomic E-state index is 12.2. The van der Waals surface area contributed by atoms with Gasteiger partial charge in [-0.05, 0) is 28.8 Å². The number of nitrogens with two attached hydrogens (primary N) is 1. The third-order valence-electron chi connectivity index (χ3n) is 4.74. The number of rotatable bonds is 4. The number of carbonyl (C=O) groups excluding carboxylic acids is 1. The maximum Gasteiger partial charge on any atom is 0.421 e. The number of halogens is 1. The number of H-pyrrole nitrogens is 1. The van der Waals surface area contributed by atoms with Crippen LogP contribution in [0.15, 0.2) is 16.9 Å². The van der Waals surface area contributed by atoms with Crippen LogP contribution >= 0.6 is 15.9 Å². The van der Waals surface area contributed by atoms with Crippen LogP contribution in [0.25, 0.3) is 11.0 Å². The Labute approximate surface area is 165 Å². The van der Waals surface area contributed by atoms with Crippen molar-refractivity contribution >= 4 is 50.3 Å². The second-order valence-corrected chi connectivity index (χ2v) is 7.81. The minimum absolute atomic E-state index is 0.0858. The number of piperidine rings is 1. The molecule has 1 aliphatic heterocycles. The number of carboxylic acid groups (broad SMARTS) is 1. The molecule has 0 saturated carbocycles. The molecule has 0 spiro atoms. The summed E-state index contributed by atoms with van der Waals surface area (Å²) in [7, 11) is 0. The van der Waals surface area contributed by atoms with E-state index in [2.05, 4.69) is 36.1 Å². The number of hydrogen-bond acceptors (Lipinski definition) is 5. The zero-order chi connectivity index (χ0) is 19.7. The molecule has 10 heteroatoms. The molecule has 0 radical (unpaired) electrons. The predicted molar refractivity (Wildman–Crippen MR) is 107 cm³/mol. The first-order valence-electron chi connectivity index (χ1n) is 8.77. The molecule has 1 fully saturated rings. The normalized spacial score (nSPS) is 17.4. The Hall–Kier alpha value is -2.33. The molecule has 0 aliphatic carbocycles. The predicted octanol–water partition coefficient (Wildman–Crippen LogP) is 2.74. The molecule has 3 heterocycles. The largest absolute Gasteiger partial charge is 0.464 e. The lowest BCUT2D eigenvalue weighted by atomic mass is 10.0. The van der Waals surface area contributed by atoms with E-state index in [0.29, 0.717) is 24.3 Å². The number of carbonyl (C=O) groups is 2. The number of aromatic nitrogens is 2. The Bertz CT molecular complexity index is 868. The maximum atomic E-state index is 12.2. The fraction of sp³-hybridized carbons (Fsp3) is 0.471. The minimum Gasteiger partial charge on any atom is -0.464 e. The summed E-state index contributed by atoms with van der Waals surface area (Å²) in [4.78, 5) is 33.0. The number of aromatic amines is 1. The van der Waals surface area contributed by atoms with Crippen LogP contribution in [0.3, 0.4) is 0 Å². The highest BCUT2D eigenvalue weighted by Crippen LogP contribution is 2.39. The summed E-state index contributed by atoms with van der Waals surface area (Å²) in [6.45, 7) is 4.88. The van der Waals surface area contributed by atoms with Gasteiger partial charge >= 0.3 is 6.09 Å². The molecule has 1 aliphatic rings. The summed E-state index contributed by atoms with van der Waals surface area (Å²) in [6.07, 6.45) is 3.78. The number of pyridine rings is 1. The summed E-state index contributed by atoms with van der Waals surface area (Å²) in [5.74, 6) is 5.47. The number of anilines is 2. The molecule has 3 rings (SSSR count). The van der Waals surface area contributed by atoms with Crippen LogP contribution in [0, 0.1) is 5.92 Å². The first-order valence-corrected chi connectivity index (χ1v) is 9.57. The molecule has 2 aromatic heterocycles. The zero-order valence-corrected chi connectivity index (χ0v) is 16.8. The lowest BCUT2D eigenvalue weighted by Gasteiger charge is -2.38. The van der Waals surface area contributed by atoms with Crippen molar-refractivity contribution in [2.75, 3.05) is 23.3 Å². The van der Waals surface area contributed by atoms with E-state index >= 15 is 0 Å². The van der Waals surface area contributed by atoms with Crippen LogP contribution in [0.4, 0.5) is 16.2 Å². The van der Waals surface area contributed by atoms with Crippen molar-refractivity contribution in [1.29, 1.82) is 0 Å². The average Bonchev–Trinajstić information content (AvgIpc) is 3.03. The van der Waals surface area contributed by atoms with Crippen LogP contribution < -0.4 is 16.1 Å². The molecule has 1 atom stereocenters. The number of hydrazine groups is 1. The van der Waals surface area contributed by atoms with E-state index in [9.17, 15) is 14.7 Å². The Morgan fingerprint density at radius 3 is 2.93 bits per heavy atom. The highest BCUT2D eigenvalue weighted by molar-refractivity contribution is 9.10. The Morgan fingerprint density at radius 1 is 1.52 bits per heavy atom. The van der Waals surface area contributed by atoms with E-state index in [-0.39, 0.29) is 17.9 Å². The summed E-state index contributed by atoms with van der Waals surface area (Å²) >= 11 is 3.56. The van der Waals surface area contributed by atoms with E-state index in [0.717, 1.165) is 33.5 Å². The van der Waals surface area contributed by atoms with Crippen molar-refractivity contribution < 1.29 is 14.7 Å². The molecular weight excluding hydrogens is 416 g/mol. The van der Waals surface area contributed by atoms with E-state index in [4.69, 9.17) is 5.84 Å². The molecule has 9 nitrogen and oxygen atoms in total. The highest BCUT2D eigenvalue weighted by atomic mass is 79.9. The molecular formula is C17H23BrN6O3. The van der Waals surface area contributed by atoms with Crippen LogP contribution in [-0.4, -0.2) is 51.2 Å². The summed E-state index contributed by atoms with van der Waals surface area (Å²) in [6, 6.07) is -0.306. The van der Waals surface area contributed by atoms with Gasteiger partial charge in [0.2, 0.25) is 5.91 Å². The van der Waals surface area contributed by atoms with Crippen LogP contribution in [0.5, 0.6) is 0 Å². The van der Waals surface area contributed by atoms with Crippen molar-refractivity contribution in [2.45, 2.75) is 32.7 Å². The van der Waals surface area contributed by atoms with E-state index in [1.54, 1.807) is 12.4 Å². The second kappa shape index (κ2) is 7.73. The van der Waals surface area contributed by atoms with Crippen molar-refractivity contribution in [3.8, 4) is 0 Å². The second-order valence-electron chi connectivity index (χ2n) is 6.96. The number of hydrogen-bond donors (Lipinski definition) is 4. The lowest BCUT2D eigenvalue weighted by molar-refractivity contribution is -0.118. The average molecular weight is 439 g/mol. The summed E-state index contributed by atoms with van der Waals surface area (Å²) in [5, 5.41) is 13.8. The van der Waals surface area contributed by atoms with Gasteiger partial charge in [-0.15, -0.1) is 0 Å². The highest BCUT2D eigenvalue weighted by Gasteiger charge is 2.29. The van der Waals surface area contributed by atoms with Crippen LogP contribution in [-0.2, 0) is 4.79 Å². The van der Waals surface area contributed by atoms with Gasteiger partial charge in [-0.25, -0.2) is 20.6 Å². The van der Waals surface area contributed by atoms with Gasteiger partial charge in [-0.3, -0.25) is 4.79 Å². The van der Waals surface area contributed by atoms with Gasteiger partial charge in [-0.2, -0.15) is 0 Å². The number of amides is 2. The Morgan fingerprint density at radius 2 is 2.26 bits per heavy atom. The number of fused-ring (bicyclic) bond motifs is 1. The van der Waals surface area contributed by atoms with E-state index < -0.39 is 6.09 Å². The lowest BCUT2D eigenvalue weighted by Crippen LogP contribution is -2.53. The standard InChI is InChI=1S/C17H23BrN6O3/c1-9(2)16(25)22-12-7-21-15-13(12)14(11(18)6-20-15)23-5-3-4-10(8-23)24(19)17(26)27/h6-7,9-10H,3-5,8,19H2,1-2H3,(H,20,21)(H,22,25)(H,26,27)/t10-/m1/s1. The van der Waals surface area contributed by atoms with Gasteiger partial charge in [0, 0.05) is 31.4 Å². The van der Waals surface area contributed by atoms with Gasteiger partial charge in [0.1, 0.15) is 5.65 Å². The fourth-order valence-corrected chi connectivity index (χ4v) is 3.83. The molecule has 27 heavy (non-hydrogen) atoms. The monoisotopic (exact) mass is 438 g/mol. The SMILES string of the molecule is CC(C)C(=O)Nc1c[nH]c2ncc(Br)c(N3CCC[C@@H](N(N)C(=O)O)C3)c12. The van der Waals surface area contributed by atoms with Gasteiger partial charge in [-0.1, -0.05) is 13.8 Å². The van der Waals surface area contributed by atoms with Crippen LogP contribution in [0.1, 0.15) is 26.7 Å². The van der Waals surface area contributed by atoms with Gasteiger partial charge in [0.05, 0.1) is 27.3 Å². The third kappa shape index (κ3) is 3.86. The zero-order valence-electron chi connectivity index (χ0n) is 15.2. The fourth-order valence-electron chi connectivity index (χ4n) is 3.28. The van der Waals surface area contributed by atoms with Crippen molar-refractivity contribution in [1.82, 2.24) is 15.0 Å². The number of nitrogens with zero attached hydrogens (tertiary/aromatic N) is 3. The number of nitrogens with one attached hydrogen (secondary N) is 2. The van der Waals surface area contributed by atoms with E-state index in [1.807, 2.05) is 13.8 Å². The first kappa shape index (κ1) is 19.4. The summed E-state index contributed by atoms with van der Waals surface area (Å²) in [5.41, 5.74) is 2.17. The van der Waals surface area contributed by atoms with Crippen molar-refractivity contribution in [3.63, 3.8) is 0 Å². The molecule has 1 saturated heterocycles. The molecule has 2 aromatic rings. The smallest absolute Gasteiger partial charge is 0.421 e. The summed E-state index contributed by atoms with van der Waals surface area (Å²) < 4.78 is 0.772. The quantitative estimate of drug-likeness (QED) is 0.330. The Kier molecular flexibility index (Phi) is 5.56. The van der Waals surface area contributed by atoms with E-state index in [1.165, 1.54) is 0 Å². The van der Waals surface area contributed by atoms with Gasteiger partial charge in [0.25, 0.3) is 0 Å². The Balaban J connectivity index is 2.00. The first-order chi connectivity index (χ1) is 12.8. The van der Waals surface area contributed by atoms with Gasteiger partial charge < -0.3 is 20.3 Å². The molecule has 2 amide bonds. The molecule has 146 valence electrons. The topological polar surface area (TPSA) is 128 Å². The molecule has 0 bridgehead atoms. The van der Waals surface area contributed by atoms with Crippen LogP contribution in [0.2, 0.25) is 0 Å². The molecule has 0 unspecified atom stereocenters. The van der Waals surface area contributed by atoms with Crippen molar-refractivity contribution in [3.05, 3.63) is 16.9 Å². The molecule has 0 aromatic carbocycles. The minimum atomic E-state index is -1.15. The third-order valence-corrected chi connectivity index (χ3v) is 5.32. The van der Waals surface area contributed by atoms with Gasteiger partial charge in [0.15, 0.2) is 0 Å². The molecule has 5 N–H and O–H groups in total. The van der Waals surface area contributed by atoms with Crippen molar-refractivity contribution in [2.24, 2.45) is 11.8 Å².